The summed E-state index contributed by atoms with van der Waals surface area (Å²) in [6, 6.07) is 5.61. The summed E-state index contributed by atoms with van der Waals surface area (Å²) in [5.41, 5.74) is 7.34. The molecule has 1 aliphatic rings. The molecule has 0 amide bonds. The van der Waals surface area contributed by atoms with Gasteiger partial charge < -0.3 is 15.6 Å². The summed E-state index contributed by atoms with van der Waals surface area (Å²) in [6.07, 6.45) is 1.82. The van der Waals surface area contributed by atoms with Crippen molar-refractivity contribution in [3.8, 4) is 5.75 Å². The Morgan fingerprint density at radius 2 is 2.14 bits per heavy atom. The monoisotopic (exact) mass is 291 g/mol. The van der Waals surface area contributed by atoms with Crippen LogP contribution in [0.15, 0.2) is 18.2 Å². The Balaban J connectivity index is 2.05. The third kappa shape index (κ3) is 3.95. The number of aliphatic hydroxyl groups excluding tert-OH is 1. The number of nitrogen functional groups attached to an aromatic ring is 1. The van der Waals surface area contributed by atoms with Gasteiger partial charge in [-0.1, -0.05) is 0 Å². The molecular formula is C16H25N3O2. The number of nitrogens with zero attached hydrogens (tertiary/aromatic N) is 1. The van der Waals surface area contributed by atoms with Gasteiger partial charge in [0, 0.05) is 17.7 Å². The molecule has 4 N–H and O–H groups in total. The van der Waals surface area contributed by atoms with Gasteiger partial charge in [-0.2, -0.15) is 0 Å². The summed E-state index contributed by atoms with van der Waals surface area (Å²) in [7, 11) is 1.66. The van der Waals surface area contributed by atoms with Crippen LogP contribution in [0.25, 0.3) is 0 Å². The van der Waals surface area contributed by atoms with Crippen LogP contribution in [-0.2, 0) is 6.54 Å². The molecule has 1 aromatic rings. The molecule has 0 spiro atoms. The van der Waals surface area contributed by atoms with E-state index in [1.807, 2.05) is 25.1 Å². The van der Waals surface area contributed by atoms with Crippen molar-refractivity contribution in [3.05, 3.63) is 29.3 Å². The fourth-order valence-corrected chi connectivity index (χ4v) is 2.90. The van der Waals surface area contributed by atoms with E-state index in [-0.39, 0.29) is 11.9 Å². The first kappa shape index (κ1) is 15.8. The number of methoxy groups -OCH3 is 1. The molecule has 2 rings (SSSR count). The molecule has 5 heteroatoms. The zero-order valence-corrected chi connectivity index (χ0v) is 12.8. The maximum absolute atomic E-state index is 9.66. The Kier molecular flexibility index (Phi) is 5.20. The molecule has 0 saturated carbocycles. The number of likely N-dealkylation sites (tertiary alicyclic amines) is 1. The lowest BCUT2D eigenvalue weighted by molar-refractivity contribution is 0.0693. The number of hydrogen-bond acceptors (Lipinski definition) is 4. The van der Waals surface area contributed by atoms with E-state index in [1.165, 1.54) is 0 Å². The lowest BCUT2D eigenvalue weighted by atomic mass is 9.92. The normalized spacial score (nSPS) is 18.4. The summed E-state index contributed by atoms with van der Waals surface area (Å²) in [5, 5.41) is 17.2. The van der Waals surface area contributed by atoms with Crippen LogP contribution in [0.3, 0.4) is 0 Å². The molecule has 21 heavy (non-hydrogen) atoms. The van der Waals surface area contributed by atoms with Crippen LogP contribution in [0.4, 0.5) is 0 Å². The van der Waals surface area contributed by atoms with Gasteiger partial charge in [0.2, 0.25) is 0 Å². The number of nitrogens with two attached hydrogens (primary N) is 1. The number of hydrogen-bond donors (Lipinski definition) is 3. The van der Waals surface area contributed by atoms with E-state index < -0.39 is 0 Å². The Hall–Kier alpha value is -1.59. The van der Waals surface area contributed by atoms with E-state index in [0.29, 0.717) is 5.92 Å². The average molecular weight is 291 g/mol. The Labute approximate surface area is 126 Å². The number of amidine groups is 1. The lowest BCUT2D eigenvalue weighted by Crippen LogP contribution is -2.36. The first-order valence-corrected chi connectivity index (χ1v) is 7.43. The van der Waals surface area contributed by atoms with Crippen molar-refractivity contribution in [2.45, 2.75) is 32.4 Å². The van der Waals surface area contributed by atoms with Crippen LogP contribution in [0.1, 0.15) is 30.9 Å². The number of nitrogens with one attached hydrogen (secondary N) is 1. The second-order valence-electron chi connectivity index (χ2n) is 5.79. The highest BCUT2D eigenvalue weighted by Gasteiger charge is 2.23. The van der Waals surface area contributed by atoms with Crippen LogP contribution in [-0.4, -0.2) is 42.1 Å². The highest BCUT2D eigenvalue weighted by atomic mass is 16.5. The van der Waals surface area contributed by atoms with E-state index in [4.69, 9.17) is 15.9 Å². The standard InChI is InChI=1S/C16H25N3O2/c1-11(20)12-5-7-19(8-6-12)10-14-9-13(16(17)18)3-4-15(14)21-2/h3-4,9,11-12,20H,5-8,10H2,1-2H3,(H3,17,18). The second kappa shape index (κ2) is 6.91. The number of piperidine rings is 1. The second-order valence-corrected chi connectivity index (χ2v) is 5.79. The zero-order valence-electron chi connectivity index (χ0n) is 12.8. The molecule has 1 aliphatic heterocycles. The summed E-state index contributed by atoms with van der Waals surface area (Å²) in [4.78, 5) is 2.36. The molecule has 0 bridgehead atoms. The zero-order chi connectivity index (χ0) is 15.4. The minimum absolute atomic E-state index is 0.0757. The smallest absolute Gasteiger partial charge is 0.123 e. The predicted octanol–water partition coefficient (Wildman–Crippen LogP) is 1.57. The van der Waals surface area contributed by atoms with Crippen molar-refractivity contribution in [2.75, 3.05) is 20.2 Å². The molecule has 0 aliphatic carbocycles. The molecule has 1 unspecified atom stereocenters. The summed E-state index contributed by atoms with van der Waals surface area (Å²) in [6.45, 7) is 4.61. The fourth-order valence-electron chi connectivity index (χ4n) is 2.90. The van der Waals surface area contributed by atoms with Crippen molar-refractivity contribution in [2.24, 2.45) is 11.7 Å². The van der Waals surface area contributed by atoms with Crippen LogP contribution in [0, 0.1) is 11.3 Å². The molecule has 0 radical (unpaired) electrons. The Morgan fingerprint density at radius 1 is 1.48 bits per heavy atom. The molecular weight excluding hydrogens is 266 g/mol. The number of ether oxygens (including phenoxy) is 1. The van der Waals surface area contributed by atoms with E-state index in [1.54, 1.807) is 7.11 Å². The van der Waals surface area contributed by atoms with Crippen molar-refractivity contribution < 1.29 is 9.84 Å². The first-order chi connectivity index (χ1) is 10.0. The first-order valence-electron chi connectivity index (χ1n) is 7.43. The molecule has 1 saturated heterocycles. The Bertz CT molecular complexity index is 494. The van der Waals surface area contributed by atoms with Gasteiger partial charge >= 0.3 is 0 Å². The van der Waals surface area contributed by atoms with Crippen LogP contribution in [0.2, 0.25) is 0 Å². The SMILES string of the molecule is COc1ccc(C(=N)N)cc1CN1CCC(C(C)O)CC1. The molecule has 5 nitrogen and oxygen atoms in total. The quantitative estimate of drug-likeness (QED) is 0.568. The van der Waals surface area contributed by atoms with E-state index in [0.717, 1.165) is 49.4 Å². The number of aliphatic hydroxyl groups is 1. The maximum Gasteiger partial charge on any atom is 0.123 e. The van der Waals surface area contributed by atoms with Crippen LogP contribution < -0.4 is 10.5 Å². The van der Waals surface area contributed by atoms with Crippen molar-refractivity contribution >= 4 is 5.84 Å². The topological polar surface area (TPSA) is 82.6 Å². The van der Waals surface area contributed by atoms with E-state index >= 15 is 0 Å². The largest absolute Gasteiger partial charge is 0.496 e. The molecule has 1 atom stereocenters. The third-order valence-electron chi connectivity index (χ3n) is 4.30. The van der Waals surface area contributed by atoms with Gasteiger partial charge in [0.25, 0.3) is 0 Å². The summed E-state index contributed by atoms with van der Waals surface area (Å²) < 4.78 is 5.40. The van der Waals surface area contributed by atoms with Crippen LogP contribution in [0.5, 0.6) is 5.75 Å². The number of rotatable bonds is 5. The van der Waals surface area contributed by atoms with Gasteiger partial charge in [-0.05, 0) is 57.0 Å². The third-order valence-corrected chi connectivity index (χ3v) is 4.30. The van der Waals surface area contributed by atoms with Crippen molar-refractivity contribution in [3.63, 3.8) is 0 Å². The minimum Gasteiger partial charge on any atom is -0.496 e. The maximum atomic E-state index is 9.66. The van der Waals surface area contributed by atoms with Crippen molar-refractivity contribution in [1.29, 1.82) is 5.41 Å². The highest BCUT2D eigenvalue weighted by Crippen LogP contribution is 2.25. The number of benzene rings is 1. The van der Waals surface area contributed by atoms with Gasteiger partial charge in [0.05, 0.1) is 13.2 Å². The highest BCUT2D eigenvalue weighted by molar-refractivity contribution is 5.95. The summed E-state index contributed by atoms with van der Waals surface area (Å²) >= 11 is 0. The minimum atomic E-state index is -0.220. The lowest BCUT2D eigenvalue weighted by Gasteiger charge is -2.33. The van der Waals surface area contributed by atoms with Crippen molar-refractivity contribution in [1.82, 2.24) is 4.90 Å². The van der Waals surface area contributed by atoms with E-state index in [9.17, 15) is 5.11 Å². The predicted molar refractivity (Wildman–Crippen MR) is 83.7 cm³/mol. The van der Waals surface area contributed by atoms with E-state index in [2.05, 4.69) is 4.90 Å². The Morgan fingerprint density at radius 3 is 2.67 bits per heavy atom. The molecule has 0 aromatic heterocycles. The van der Waals surface area contributed by atoms with Gasteiger partial charge in [-0.15, -0.1) is 0 Å². The fraction of sp³-hybridized carbons (Fsp3) is 0.562. The van der Waals surface area contributed by atoms with Crippen LogP contribution >= 0.6 is 0 Å². The van der Waals surface area contributed by atoms with Gasteiger partial charge in [-0.3, -0.25) is 10.3 Å². The average Bonchev–Trinajstić information content (AvgIpc) is 2.47. The summed E-state index contributed by atoms with van der Waals surface area (Å²) in [5.74, 6) is 1.32. The molecule has 1 heterocycles. The van der Waals surface area contributed by atoms with Gasteiger partial charge in [-0.25, -0.2) is 0 Å². The van der Waals surface area contributed by atoms with Gasteiger partial charge in [0.1, 0.15) is 11.6 Å². The molecule has 1 fully saturated rings. The molecule has 116 valence electrons. The van der Waals surface area contributed by atoms with Gasteiger partial charge in [0.15, 0.2) is 0 Å². The molecule has 1 aromatic carbocycles.